The molecule has 2 amide bonds. The Kier molecular flexibility index (Phi) is 5.05. The molecule has 0 spiro atoms. The second-order valence-corrected chi connectivity index (χ2v) is 5.04. The average Bonchev–Trinajstić information content (AvgIpc) is 3.02. The number of hydrogen-bond acceptors (Lipinski definition) is 3. The summed E-state index contributed by atoms with van der Waals surface area (Å²) in [7, 11) is 3.30. The van der Waals surface area contributed by atoms with Crippen LogP contribution in [0.1, 0.15) is 33.0 Å². The van der Waals surface area contributed by atoms with Gasteiger partial charge in [0.2, 0.25) is 0 Å². The van der Waals surface area contributed by atoms with Crippen molar-refractivity contribution in [1.29, 1.82) is 0 Å². The fourth-order valence-electron chi connectivity index (χ4n) is 1.91. The van der Waals surface area contributed by atoms with Crippen LogP contribution < -0.4 is 5.32 Å². The lowest BCUT2D eigenvalue weighted by atomic mass is 10.1. The van der Waals surface area contributed by atoms with Gasteiger partial charge in [0, 0.05) is 32.4 Å². The van der Waals surface area contributed by atoms with Crippen molar-refractivity contribution in [2.75, 3.05) is 14.1 Å². The van der Waals surface area contributed by atoms with E-state index in [1.165, 1.54) is 11.0 Å². The maximum Gasteiger partial charge on any atom is 0.333 e. The highest BCUT2D eigenvalue weighted by atomic mass is 19.3. The molecule has 0 fully saturated rings. The highest BCUT2D eigenvalue weighted by Crippen LogP contribution is 2.10. The Labute approximate surface area is 131 Å². The Bertz CT molecular complexity index is 713. The standard InChI is InChI=1S/C15H16F2N4O2/c1-20(2)14(23)11-5-3-4-10(8-11)9-18-13(22)12-6-7-21(19-12)15(16)17/h3-8,15H,9H2,1-2H3,(H,18,22). The minimum atomic E-state index is -2.79. The summed E-state index contributed by atoms with van der Waals surface area (Å²) in [6, 6.07) is 8.03. The summed E-state index contributed by atoms with van der Waals surface area (Å²) in [6.45, 7) is -2.63. The van der Waals surface area contributed by atoms with Crippen LogP contribution in [-0.4, -0.2) is 40.6 Å². The molecule has 0 atom stereocenters. The second-order valence-electron chi connectivity index (χ2n) is 5.04. The lowest BCUT2D eigenvalue weighted by Gasteiger charge is -2.11. The third-order valence-electron chi connectivity index (χ3n) is 3.07. The zero-order valence-electron chi connectivity index (χ0n) is 12.7. The minimum absolute atomic E-state index is 0.0918. The van der Waals surface area contributed by atoms with E-state index in [0.29, 0.717) is 10.2 Å². The quantitative estimate of drug-likeness (QED) is 0.914. The molecule has 1 aromatic heterocycles. The molecule has 0 saturated heterocycles. The van der Waals surface area contributed by atoms with Gasteiger partial charge < -0.3 is 10.2 Å². The third-order valence-corrected chi connectivity index (χ3v) is 3.07. The Balaban J connectivity index is 2.01. The van der Waals surface area contributed by atoms with Crippen LogP contribution in [0.25, 0.3) is 0 Å². The SMILES string of the molecule is CN(C)C(=O)c1cccc(CNC(=O)c2ccn(C(F)F)n2)c1. The predicted molar refractivity (Wildman–Crippen MR) is 79.1 cm³/mol. The molecule has 1 aromatic carbocycles. The van der Waals surface area contributed by atoms with E-state index in [1.54, 1.807) is 38.4 Å². The van der Waals surface area contributed by atoms with Crippen LogP contribution in [0.5, 0.6) is 0 Å². The van der Waals surface area contributed by atoms with E-state index in [4.69, 9.17) is 0 Å². The molecule has 0 aliphatic rings. The number of halogens is 2. The number of carbonyl (C=O) groups excluding carboxylic acids is 2. The normalized spacial score (nSPS) is 10.7. The number of benzene rings is 1. The van der Waals surface area contributed by atoms with Gasteiger partial charge in [-0.25, -0.2) is 4.68 Å². The van der Waals surface area contributed by atoms with Crippen LogP contribution in [-0.2, 0) is 6.54 Å². The number of hydrogen-bond donors (Lipinski definition) is 1. The first-order valence-electron chi connectivity index (χ1n) is 6.80. The van der Waals surface area contributed by atoms with Gasteiger partial charge >= 0.3 is 6.55 Å². The number of nitrogens with zero attached hydrogens (tertiary/aromatic N) is 3. The van der Waals surface area contributed by atoms with Gasteiger partial charge in [0.15, 0.2) is 0 Å². The predicted octanol–water partition coefficient (Wildman–Crippen LogP) is 1.91. The molecule has 0 bridgehead atoms. The van der Waals surface area contributed by atoms with Gasteiger partial charge in [0.05, 0.1) is 0 Å². The summed E-state index contributed by atoms with van der Waals surface area (Å²) in [4.78, 5) is 25.2. The Morgan fingerprint density at radius 1 is 1.30 bits per heavy atom. The van der Waals surface area contributed by atoms with E-state index in [0.717, 1.165) is 11.8 Å². The Hall–Kier alpha value is -2.77. The molecule has 23 heavy (non-hydrogen) atoms. The molecule has 2 aromatic rings. The number of nitrogens with one attached hydrogen (secondary N) is 1. The van der Waals surface area contributed by atoms with E-state index in [1.807, 2.05) is 0 Å². The summed E-state index contributed by atoms with van der Waals surface area (Å²) < 4.78 is 25.2. The van der Waals surface area contributed by atoms with Crippen molar-refractivity contribution in [3.05, 3.63) is 53.3 Å². The first kappa shape index (κ1) is 16.6. The first-order chi connectivity index (χ1) is 10.9. The van der Waals surface area contributed by atoms with Crippen molar-refractivity contribution in [3.8, 4) is 0 Å². The van der Waals surface area contributed by atoms with Crippen molar-refractivity contribution in [2.45, 2.75) is 13.1 Å². The molecule has 1 heterocycles. The van der Waals surface area contributed by atoms with E-state index < -0.39 is 12.5 Å². The number of rotatable bonds is 5. The number of amides is 2. The highest BCUT2D eigenvalue weighted by Gasteiger charge is 2.13. The maximum absolute atomic E-state index is 12.4. The van der Waals surface area contributed by atoms with E-state index in [9.17, 15) is 18.4 Å². The van der Waals surface area contributed by atoms with Gasteiger partial charge in [-0.15, -0.1) is 0 Å². The molecule has 122 valence electrons. The molecule has 0 radical (unpaired) electrons. The molecule has 1 N–H and O–H groups in total. The molecule has 0 aliphatic carbocycles. The minimum Gasteiger partial charge on any atom is -0.347 e. The number of alkyl halides is 2. The van der Waals surface area contributed by atoms with Gasteiger partial charge in [-0.1, -0.05) is 12.1 Å². The molecule has 6 nitrogen and oxygen atoms in total. The smallest absolute Gasteiger partial charge is 0.333 e. The Morgan fingerprint density at radius 3 is 2.65 bits per heavy atom. The summed E-state index contributed by atoms with van der Waals surface area (Å²) in [5, 5.41) is 6.06. The molecule has 2 rings (SSSR count). The first-order valence-corrected chi connectivity index (χ1v) is 6.80. The van der Waals surface area contributed by atoms with Gasteiger partial charge in [-0.2, -0.15) is 13.9 Å². The summed E-state index contributed by atoms with van der Waals surface area (Å²) >= 11 is 0. The van der Waals surface area contributed by atoms with Crippen LogP contribution in [0.15, 0.2) is 36.5 Å². The van der Waals surface area contributed by atoms with Crippen molar-refractivity contribution in [1.82, 2.24) is 20.0 Å². The summed E-state index contributed by atoms with van der Waals surface area (Å²) in [5.41, 5.74) is 1.13. The molecular weight excluding hydrogens is 306 g/mol. The summed E-state index contributed by atoms with van der Waals surface area (Å²) in [5.74, 6) is -0.706. The topological polar surface area (TPSA) is 67.2 Å². The lowest BCUT2D eigenvalue weighted by Crippen LogP contribution is -2.24. The van der Waals surface area contributed by atoms with Crippen LogP contribution >= 0.6 is 0 Å². The van der Waals surface area contributed by atoms with Gasteiger partial charge in [0.1, 0.15) is 5.69 Å². The van der Waals surface area contributed by atoms with Crippen LogP contribution in [0, 0.1) is 0 Å². The van der Waals surface area contributed by atoms with Crippen molar-refractivity contribution >= 4 is 11.8 Å². The zero-order chi connectivity index (χ0) is 17.0. The lowest BCUT2D eigenvalue weighted by molar-refractivity contribution is 0.0559. The van der Waals surface area contributed by atoms with Crippen LogP contribution in [0.2, 0.25) is 0 Å². The second kappa shape index (κ2) is 6.99. The zero-order valence-corrected chi connectivity index (χ0v) is 12.7. The van der Waals surface area contributed by atoms with Gasteiger partial charge in [-0.05, 0) is 23.8 Å². The fourth-order valence-corrected chi connectivity index (χ4v) is 1.91. The molecule has 0 aliphatic heterocycles. The maximum atomic E-state index is 12.4. The largest absolute Gasteiger partial charge is 0.347 e. The summed E-state index contributed by atoms with van der Waals surface area (Å²) in [6.07, 6.45) is 1.04. The third kappa shape index (κ3) is 4.12. The molecular formula is C15H16F2N4O2. The van der Waals surface area contributed by atoms with Crippen LogP contribution in [0.3, 0.4) is 0 Å². The van der Waals surface area contributed by atoms with E-state index in [-0.39, 0.29) is 18.1 Å². The van der Waals surface area contributed by atoms with Crippen molar-refractivity contribution < 1.29 is 18.4 Å². The molecule has 8 heteroatoms. The monoisotopic (exact) mass is 322 g/mol. The highest BCUT2D eigenvalue weighted by molar-refractivity contribution is 5.94. The van der Waals surface area contributed by atoms with Crippen LogP contribution in [0.4, 0.5) is 8.78 Å². The van der Waals surface area contributed by atoms with E-state index >= 15 is 0 Å². The average molecular weight is 322 g/mol. The number of carbonyl (C=O) groups is 2. The fraction of sp³-hybridized carbons (Fsp3) is 0.267. The van der Waals surface area contributed by atoms with Gasteiger partial charge in [0.25, 0.3) is 11.8 Å². The van der Waals surface area contributed by atoms with E-state index in [2.05, 4.69) is 10.4 Å². The van der Waals surface area contributed by atoms with Crippen molar-refractivity contribution in [3.63, 3.8) is 0 Å². The van der Waals surface area contributed by atoms with Crippen molar-refractivity contribution in [2.24, 2.45) is 0 Å². The molecule has 0 unspecified atom stereocenters. The Morgan fingerprint density at radius 2 is 2.04 bits per heavy atom. The number of aromatic nitrogens is 2. The molecule has 0 saturated carbocycles. The van der Waals surface area contributed by atoms with Gasteiger partial charge in [-0.3, -0.25) is 9.59 Å².